The van der Waals surface area contributed by atoms with E-state index in [1.54, 1.807) is 0 Å². The molecular weight excluding hydrogens is 309 g/mol. The van der Waals surface area contributed by atoms with Gasteiger partial charge in [-0.3, -0.25) is 4.79 Å². The Morgan fingerprint density at radius 1 is 1.27 bits per heavy atom. The van der Waals surface area contributed by atoms with Crippen LogP contribution in [0.25, 0.3) is 0 Å². The number of primary amides is 1. The Bertz CT molecular complexity index is 758. The van der Waals surface area contributed by atoms with Crippen LogP contribution in [0, 0.1) is 5.82 Å². The fourth-order valence-electron chi connectivity index (χ4n) is 2.79. The van der Waals surface area contributed by atoms with Gasteiger partial charge >= 0.3 is 0 Å². The van der Waals surface area contributed by atoms with Crippen LogP contribution in [0.5, 0.6) is 0 Å². The molecule has 118 valence electrons. The van der Waals surface area contributed by atoms with Crippen LogP contribution in [0.1, 0.15) is 5.56 Å². The summed E-state index contributed by atoms with van der Waals surface area (Å²) in [7, 11) is -3.71. The molecule has 22 heavy (non-hydrogen) atoms. The molecule has 0 unspecified atom stereocenters. The van der Waals surface area contributed by atoms with E-state index in [9.17, 15) is 17.6 Å². The summed E-state index contributed by atoms with van der Waals surface area (Å²) < 4.78 is 40.3. The average molecular weight is 325 g/mol. The molecule has 3 N–H and O–H groups in total. The summed E-state index contributed by atoms with van der Waals surface area (Å²) in [6.45, 7) is 2.12. The average Bonchev–Trinajstić information content (AvgIpc) is 3.01. The topological polar surface area (TPSA) is 92.5 Å². The SMILES string of the molecule is NC(=O)Cc1cc(S(=O)(=O)N2CC3=C(CNC3)C2)ccc1F. The molecule has 0 spiro atoms. The Labute approximate surface area is 127 Å². The predicted octanol–water partition coefficient (Wildman–Crippen LogP) is -0.242. The predicted molar refractivity (Wildman–Crippen MR) is 78.0 cm³/mol. The molecule has 0 saturated carbocycles. The van der Waals surface area contributed by atoms with Crippen molar-refractivity contribution in [2.75, 3.05) is 26.2 Å². The highest BCUT2D eigenvalue weighted by molar-refractivity contribution is 7.89. The lowest BCUT2D eigenvalue weighted by Crippen LogP contribution is -2.32. The van der Waals surface area contributed by atoms with Gasteiger partial charge in [-0.2, -0.15) is 4.31 Å². The van der Waals surface area contributed by atoms with Crippen molar-refractivity contribution in [1.82, 2.24) is 9.62 Å². The van der Waals surface area contributed by atoms with Crippen molar-refractivity contribution in [3.05, 3.63) is 40.7 Å². The number of hydrogen-bond acceptors (Lipinski definition) is 4. The number of sulfonamides is 1. The standard InChI is InChI=1S/C14H16FN3O3S/c15-13-2-1-12(3-9(13)4-14(16)19)22(20,21)18-7-10-5-17-6-11(10)8-18/h1-3,17H,4-8H2,(H2,16,19). The molecule has 1 aromatic rings. The number of nitrogens with one attached hydrogen (secondary N) is 1. The van der Waals surface area contributed by atoms with E-state index in [1.807, 2.05) is 0 Å². The number of carbonyl (C=O) groups is 1. The molecule has 0 saturated heterocycles. The van der Waals surface area contributed by atoms with E-state index in [0.29, 0.717) is 26.2 Å². The van der Waals surface area contributed by atoms with E-state index in [1.165, 1.54) is 16.4 Å². The summed E-state index contributed by atoms with van der Waals surface area (Å²) in [5.41, 5.74) is 7.25. The van der Waals surface area contributed by atoms with Crippen LogP contribution < -0.4 is 11.1 Å². The zero-order valence-corrected chi connectivity index (χ0v) is 12.6. The minimum atomic E-state index is -3.71. The monoisotopic (exact) mass is 325 g/mol. The molecule has 6 nitrogen and oxygen atoms in total. The Kier molecular flexibility index (Phi) is 3.75. The number of hydrogen-bond donors (Lipinski definition) is 2. The Morgan fingerprint density at radius 3 is 2.50 bits per heavy atom. The molecule has 0 radical (unpaired) electrons. The van der Waals surface area contributed by atoms with Crippen LogP contribution in [0.4, 0.5) is 4.39 Å². The van der Waals surface area contributed by atoms with Gasteiger partial charge in [-0.15, -0.1) is 0 Å². The van der Waals surface area contributed by atoms with Gasteiger partial charge in [-0.05, 0) is 34.9 Å². The second-order valence-corrected chi connectivity index (χ2v) is 7.42. The summed E-state index contributed by atoms with van der Waals surface area (Å²) in [4.78, 5) is 10.9. The van der Waals surface area contributed by atoms with Gasteiger partial charge in [-0.25, -0.2) is 12.8 Å². The minimum absolute atomic E-state index is 0.00469. The summed E-state index contributed by atoms with van der Waals surface area (Å²) in [5, 5.41) is 3.18. The normalized spacial score (nSPS) is 18.8. The van der Waals surface area contributed by atoms with Crippen molar-refractivity contribution >= 4 is 15.9 Å². The van der Waals surface area contributed by atoms with Gasteiger partial charge in [0.15, 0.2) is 0 Å². The van der Waals surface area contributed by atoms with Crippen LogP contribution in [-0.2, 0) is 21.2 Å². The molecule has 0 atom stereocenters. The zero-order valence-electron chi connectivity index (χ0n) is 11.8. The summed E-state index contributed by atoms with van der Waals surface area (Å²) >= 11 is 0. The maximum Gasteiger partial charge on any atom is 0.243 e. The Morgan fingerprint density at radius 2 is 1.91 bits per heavy atom. The molecule has 0 bridgehead atoms. The molecule has 1 aromatic carbocycles. The quantitative estimate of drug-likeness (QED) is 0.747. The smallest absolute Gasteiger partial charge is 0.243 e. The van der Waals surface area contributed by atoms with E-state index in [2.05, 4.69) is 5.32 Å². The molecule has 1 amide bonds. The first-order valence-corrected chi connectivity index (χ1v) is 8.29. The molecule has 2 aliphatic rings. The van der Waals surface area contributed by atoms with Crippen molar-refractivity contribution < 1.29 is 17.6 Å². The van der Waals surface area contributed by atoms with Crippen molar-refractivity contribution in [3.8, 4) is 0 Å². The Hall–Kier alpha value is -1.77. The molecule has 8 heteroatoms. The largest absolute Gasteiger partial charge is 0.369 e. The number of amides is 1. The van der Waals surface area contributed by atoms with Crippen molar-refractivity contribution in [2.24, 2.45) is 5.73 Å². The van der Waals surface area contributed by atoms with Gasteiger partial charge < -0.3 is 11.1 Å². The highest BCUT2D eigenvalue weighted by Crippen LogP contribution is 2.27. The lowest BCUT2D eigenvalue weighted by Gasteiger charge is -2.18. The fourth-order valence-corrected chi connectivity index (χ4v) is 4.27. The van der Waals surface area contributed by atoms with Crippen LogP contribution in [0.2, 0.25) is 0 Å². The molecule has 2 aliphatic heterocycles. The summed E-state index contributed by atoms with van der Waals surface area (Å²) in [6.07, 6.45) is -0.326. The summed E-state index contributed by atoms with van der Waals surface area (Å²) in [6, 6.07) is 3.47. The van der Waals surface area contributed by atoms with Gasteiger partial charge in [0.25, 0.3) is 0 Å². The molecule has 2 heterocycles. The molecule has 0 fully saturated rings. The van der Waals surface area contributed by atoms with Crippen LogP contribution >= 0.6 is 0 Å². The van der Waals surface area contributed by atoms with E-state index in [0.717, 1.165) is 17.2 Å². The highest BCUT2D eigenvalue weighted by atomic mass is 32.2. The first kappa shape index (κ1) is 15.1. The van der Waals surface area contributed by atoms with Crippen LogP contribution in [-0.4, -0.2) is 44.8 Å². The van der Waals surface area contributed by atoms with Gasteiger partial charge in [0.1, 0.15) is 5.82 Å². The number of benzene rings is 1. The number of carbonyl (C=O) groups excluding carboxylic acids is 1. The third kappa shape index (κ3) is 2.65. The number of rotatable bonds is 4. The number of nitrogens with zero attached hydrogens (tertiary/aromatic N) is 1. The van der Waals surface area contributed by atoms with Gasteiger partial charge in [0.2, 0.25) is 15.9 Å². The second kappa shape index (κ2) is 5.45. The summed E-state index contributed by atoms with van der Waals surface area (Å²) in [5.74, 6) is -1.34. The second-order valence-electron chi connectivity index (χ2n) is 5.48. The Balaban J connectivity index is 1.88. The first-order valence-electron chi connectivity index (χ1n) is 6.85. The highest BCUT2D eigenvalue weighted by Gasteiger charge is 2.34. The maximum absolute atomic E-state index is 13.7. The molecule has 0 aliphatic carbocycles. The molecular formula is C14H16FN3O3S. The van der Waals surface area contributed by atoms with Gasteiger partial charge in [0, 0.05) is 26.2 Å². The third-order valence-electron chi connectivity index (χ3n) is 3.93. The van der Waals surface area contributed by atoms with Crippen LogP contribution in [0.15, 0.2) is 34.2 Å². The van der Waals surface area contributed by atoms with Gasteiger partial charge in [-0.1, -0.05) is 0 Å². The number of nitrogens with two attached hydrogens (primary N) is 1. The lowest BCUT2D eigenvalue weighted by molar-refractivity contribution is -0.117. The van der Waals surface area contributed by atoms with E-state index in [-0.39, 0.29) is 16.9 Å². The third-order valence-corrected chi connectivity index (χ3v) is 5.72. The zero-order chi connectivity index (χ0) is 15.9. The number of halogens is 1. The van der Waals surface area contributed by atoms with E-state index < -0.39 is 21.7 Å². The van der Waals surface area contributed by atoms with Gasteiger partial charge in [0.05, 0.1) is 11.3 Å². The van der Waals surface area contributed by atoms with Crippen LogP contribution in [0.3, 0.4) is 0 Å². The fraction of sp³-hybridized carbons (Fsp3) is 0.357. The first-order chi connectivity index (χ1) is 10.4. The molecule has 3 rings (SSSR count). The van der Waals surface area contributed by atoms with E-state index >= 15 is 0 Å². The lowest BCUT2D eigenvalue weighted by atomic mass is 10.1. The maximum atomic E-state index is 13.7. The molecule has 0 aromatic heterocycles. The van der Waals surface area contributed by atoms with E-state index in [4.69, 9.17) is 5.73 Å². The van der Waals surface area contributed by atoms with Crippen molar-refractivity contribution in [2.45, 2.75) is 11.3 Å². The van der Waals surface area contributed by atoms with Crippen molar-refractivity contribution in [3.63, 3.8) is 0 Å². The minimum Gasteiger partial charge on any atom is -0.369 e. The van der Waals surface area contributed by atoms with Crippen molar-refractivity contribution in [1.29, 1.82) is 0 Å².